The quantitative estimate of drug-likeness (QED) is 0.208. The van der Waals surface area contributed by atoms with Gasteiger partial charge in [0.15, 0.2) is 0 Å². The lowest BCUT2D eigenvalue weighted by atomic mass is 10.1. The molecule has 4 rings (SSSR count). The lowest BCUT2D eigenvalue weighted by Gasteiger charge is -2.07. The highest BCUT2D eigenvalue weighted by Crippen LogP contribution is 2.36. The number of hydrogen-bond donors (Lipinski definition) is 5. The first-order valence-electron chi connectivity index (χ1n) is 10.1. The third-order valence-electron chi connectivity index (χ3n) is 4.94. The number of fused-ring (bicyclic) bond motifs is 1. The molecule has 1 amide bonds. The number of nitrogens with zero attached hydrogens (tertiary/aromatic N) is 2. The van der Waals surface area contributed by atoms with Crippen molar-refractivity contribution >= 4 is 55.3 Å². The van der Waals surface area contributed by atoms with Gasteiger partial charge in [0, 0.05) is 29.9 Å². The number of anilines is 1. The molecule has 1 aromatic carbocycles. The van der Waals surface area contributed by atoms with Crippen molar-refractivity contribution in [3.05, 3.63) is 53.7 Å². The molecular weight excluding hydrogens is 559 g/mol. The van der Waals surface area contributed by atoms with Crippen molar-refractivity contribution in [3.63, 3.8) is 0 Å². The Morgan fingerprint density at radius 3 is 2.49 bits per heavy atom. The van der Waals surface area contributed by atoms with Crippen molar-refractivity contribution in [2.24, 2.45) is 12.8 Å². The standard InChI is InChI=1S/C20H18F3N5O3S2.H2O3S/c1-28-16(20(21,22)23)10-14(26-28)15-7-9-18(32-15)33(30,31)27-19-12(6-8-17(24)29)11-4-2-3-5-13(11)25-19;1-4(2)3/h2-5,7,9-10,25,27H,6,8H2,1H3,(H2,24,29);(H2,1,2,3). The van der Waals surface area contributed by atoms with E-state index < -0.39 is 39.2 Å². The number of carbonyl (C=O) groups excluding carboxylic acids is 1. The summed E-state index contributed by atoms with van der Waals surface area (Å²) in [6, 6.07) is 10.7. The first-order chi connectivity index (χ1) is 17.2. The zero-order valence-corrected chi connectivity index (χ0v) is 21.3. The number of rotatable bonds is 7. The largest absolute Gasteiger partial charge is 0.433 e. The van der Waals surface area contributed by atoms with Crippen LogP contribution in [0.5, 0.6) is 0 Å². The summed E-state index contributed by atoms with van der Waals surface area (Å²) in [7, 11) is -2.91. The third-order valence-corrected chi connectivity index (χ3v) is 7.89. The minimum atomic E-state index is -4.58. The van der Waals surface area contributed by atoms with Crippen LogP contribution >= 0.6 is 11.3 Å². The molecule has 4 aromatic rings. The number of primary amides is 1. The van der Waals surface area contributed by atoms with Gasteiger partial charge in [0.2, 0.25) is 5.91 Å². The number of halogens is 3. The van der Waals surface area contributed by atoms with E-state index in [2.05, 4.69) is 14.8 Å². The second-order valence-corrected chi connectivity index (χ2v) is 10.9. The average molecular weight is 580 g/mol. The molecule has 0 bridgehead atoms. The van der Waals surface area contributed by atoms with Crippen LogP contribution in [0.1, 0.15) is 17.7 Å². The zero-order chi connectivity index (χ0) is 27.5. The number of benzene rings is 1. The molecule has 0 aliphatic rings. The van der Waals surface area contributed by atoms with Gasteiger partial charge in [0.25, 0.3) is 21.4 Å². The van der Waals surface area contributed by atoms with Crippen LogP contribution in [0.2, 0.25) is 0 Å². The highest BCUT2D eigenvalue weighted by Gasteiger charge is 2.35. The van der Waals surface area contributed by atoms with Crippen LogP contribution in [0.15, 0.2) is 46.7 Å². The van der Waals surface area contributed by atoms with E-state index in [1.807, 2.05) is 0 Å². The van der Waals surface area contributed by atoms with E-state index in [0.29, 0.717) is 15.8 Å². The molecular formula is C20H20F3N5O6S3. The molecule has 0 saturated carbocycles. The number of para-hydroxylation sites is 1. The molecule has 0 aliphatic carbocycles. The molecule has 3 aromatic heterocycles. The number of nitrogens with two attached hydrogens (primary N) is 1. The maximum absolute atomic E-state index is 13.1. The van der Waals surface area contributed by atoms with Gasteiger partial charge in [0.1, 0.15) is 21.4 Å². The fourth-order valence-electron chi connectivity index (χ4n) is 3.43. The Balaban J connectivity index is 0.000000886. The lowest BCUT2D eigenvalue weighted by molar-refractivity contribution is -0.143. The number of aromatic amines is 1. The van der Waals surface area contributed by atoms with E-state index in [0.717, 1.165) is 22.8 Å². The number of alkyl halides is 3. The van der Waals surface area contributed by atoms with Gasteiger partial charge in [-0.25, -0.2) is 8.42 Å². The van der Waals surface area contributed by atoms with Gasteiger partial charge in [-0.3, -0.25) is 23.3 Å². The molecule has 0 fully saturated rings. The normalized spacial score (nSPS) is 12.0. The zero-order valence-electron chi connectivity index (χ0n) is 18.8. The number of H-pyrrole nitrogens is 1. The number of sulfonamides is 1. The first kappa shape index (κ1) is 28.3. The van der Waals surface area contributed by atoms with Gasteiger partial charge < -0.3 is 10.7 Å². The fraction of sp³-hybridized carbons (Fsp3) is 0.200. The van der Waals surface area contributed by atoms with E-state index in [1.54, 1.807) is 24.3 Å². The molecule has 6 N–H and O–H groups in total. The summed E-state index contributed by atoms with van der Waals surface area (Å²) in [5, 5.41) is 4.60. The smallest absolute Gasteiger partial charge is 0.370 e. The second-order valence-electron chi connectivity index (χ2n) is 7.48. The topological polar surface area (TPSA) is 180 Å². The van der Waals surface area contributed by atoms with Crippen molar-refractivity contribution in [2.75, 3.05) is 4.72 Å². The Morgan fingerprint density at radius 1 is 1.24 bits per heavy atom. The number of hydrogen-bond acceptors (Lipinski definition) is 6. The Kier molecular flexibility index (Phi) is 8.43. The molecule has 0 unspecified atom stereocenters. The number of carbonyl (C=O) groups is 1. The summed E-state index contributed by atoms with van der Waals surface area (Å²) in [6.07, 6.45) is -4.33. The predicted molar refractivity (Wildman–Crippen MR) is 132 cm³/mol. The van der Waals surface area contributed by atoms with Crippen molar-refractivity contribution < 1.29 is 39.7 Å². The van der Waals surface area contributed by atoms with Crippen molar-refractivity contribution in [1.82, 2.24) is 14.8 Å². The number of nitrogens with one attached hydrogen (secondary N) is 2. The molecule has 3 heterocycles. The van der Waals surface area contributed by atoms with Gasteiger partial charge in [0.05, 0.1) is 4.88 Å². The monoisotopic (exact) mass is 579 g/mol. The summed E-state index contributed by atoms with van der Waals surface area (Å²) in [4.78, 5) is 14.5. The van der Waals surface area contributed by atoms with Gasteiger partial charge in [-0.15, -0.1) is 11.3 Å². The highest BCUT2D eigenvalue weighted by atomic mass is 32.2. The van der Waals surface area contributed by atoms with Crippen molar-refractivity contribution in [3.8, 4) is 10.6 Å². The van der Waals surface area contributed by atoms with Gasteiger partial charge in [-0.1, -0.05) is 18.2 Å². The summed E-state index contributed by atoms with van der Waals surface area (Å²) >= 11 is -1.82. The number of thiophene rings is 1. The average Bonchev–Trinajstić information content (AvgIpc) is 3.48. The van der Waals surface area contributed by atoms with E-state index in [9.17, 15) is 26.4 Å². The molecule has 0 spiro atoms. The predicted octanol–water partition coefficient (Wildman–Crippen LogP) is 3.55. The van der Waals surface area contributed by atoms with Crippen molar-refractivity contribution in [2.45, 2.75) is 23.2 Å². The van der Waals surface area contributed by atoms with E-state index in [4.69, 9.17) is 19.0 Å². The Labute approximate surface area is 214 Å². The minimum absolute atomic E-state index is 0.0176. The van der Waals surface area contributed by atoms with Crippen molar-refractivity contribution in [1.29, 1.82) is 0 Å². The third kappa shape index (κ3) is 6.95. The summed E-state index contributed by atoms with van der Waals surface area (Å²) in [6.45, 7) is 0. The van der Waals surface area contributed by atoms with Gasteiger partial charge >= 0.3 is 6.18 Å². The fourth-order valence-corrected chi connectivity index (χ4v) is 5.75. The van der Waals surface area contributed by atoms with Crippen LogP contribution in [-0.4, -0.2) is 42.4 Å². The molecule has 0 radical (unpaired) electrons. The van der Waals surface area contributed by atoms with E-state index in [1.165, 1.54) is 19.2 Å². The van der Waals surface area contributed by atoms with Crippen LogP contribution in [-0.2, 0) is 45.8 Å². The van der Waals surface area contributed by atoms with Crippen LogP contribution < -0.4 is 10.5 Å². The van der Waals surface area contributed by atoms with E-state index >= 15 is 0 Å². The Morgan fingerprint density at radius 2 is 1.89 bits per heavy atom. The molecule has 17 heteroatoms. The summed E-state index contributed by atoms with van der Waals surface area (Å²) < 4.78 is 91.2. The molecule has 200 valence electrons. The van der Waals surface area contributed by atoms with E-state index in [-0.39, 0.29) is 33.4 Å². The second kappa shape index (κ2) is 11.0. The lowest BCUT2D eigenvalue weighted by Crippen LogP contribution is -2.14. The maximum Gasteiger partial charge on any atom is 0.433 e. The SMILES string of the molecule is Cn1nc(-c2ccc(S(=O)(=O)Nc3[nH]c4ccccc4c3CCC(N)=O)s2)cc1C(F)(F)F.O=S(O)O. The van der Waals surface area contributed by atoms with Gasteiger partial charge in [-0.05, 0) is 30.7 Å². The molecule has 37 heavy (non-hydrogen) atoms. The molecule has 0 atom stereocenters. The molecule has 11 nitrogen and oxygen atoms in total. The molecule has 0 aliphatic heterocycles. The maximum atomic E-state index is 13.1. The summed E-state index contributed by atoms with van der Waals surface area (Å²) in [5.74, 6) is -0.324. The highest BCUT2D eigenvalue weighted by molar-refractivity contribution is 7.94. The summed E-state index contributed by atoms with van der Waals surface area (Å²) in [5.41, 5.74) is 5.60. The van der Waals surface area contributed by atoms with Crippen LogP contribution in [0.3, 0.4) is 0 Å². The molecule has 0 saturated heterocycles. The van der Waals surface area contributed by atoms with Gasteiger partial charge in [-0.2, -0.15) is 22.5 Å². The number of aryl methyl sites for hydroxylation is 2. The van der Waals surface area contributed by atoms with Crippen LogP contribution in [0.4, 0.5) is 19.0 Å². The minimum Gasteiger partial charge on any atom is -0.370 e. The van der Waals surface area contributed by atoms with Crippen LogP contribution in [0.25, 0.3) is 21.5 Å². The Hall–Kier alpha value is -3.25. The number of amides is 1. The van der Waals surface area contributed by atoms with Crippen LogP contribution in [0, 0.1) is 0 Å². The Bertz CT molecular complexity index is 1560. The number of aromatic nitrogens is 3. The first-order valence-corrected chi connectivity index (χ1v) is 13.5.